The van der Waals surface area contributed by atoms with Gasteiger partial charge in [0.2, 0.25) is 0 Å². The van der Waals surface area contributed by atoms with Crippen LogP contribution in [0, 0.1) is 6.92 Å². The predicted octanol–water partition coefficient (Wildman–Crippen LogP) is 0.644. The van der Waals surface area contributed by atoms with Crippen LogP contribution in [0.25, 0.3) is 0 Å². The Kier molecular flexibility index (Phi) is 3.97. The zero-order chi connectivity index (χ0) is 13.3. The van der Waals surface area contributed by atoms with Gasteiger partial charge in [0.25, 0.3) is 0 Å². The lowest BCUT2D eigenvalue weighted by Crippen LogP contribution is -2.53. The maximum Gasteiger partial charge on any atom is 0.493 e. The molecule has 0 aliphatic heterocycles. The van der Waals surface area contributed by atoms with Crippen LogP contribution in [0.4, 0.5) is 0 Å². The summed E-state index contributed by atoms with van der Waals surface area (Å²) in [4.78, 5) is 4.09. The molecule has 0 unspecified atom stereocenters. The van der Waals surface area contributed by atoms with E-state index in [9.17, 15) is 10.1 Å². The summed E-state index contributed by atoms with van der Waals surface area (Å²) in [5, 5.41) is 20.0. The minimum Gasteiger partial charge on any atom is -0.423 e. The molecule has 0 aliphatic carbocycles. The highest BCUT2D eigenvalue weighted by Gasteiger charge is 2.39. The van der Waals surface area contributed by atoms with Gasteiger partial charge in [-0.05, 0) is 40.7 Å². The van der Waals surface area contributed by atoms with E-state index in [0.29, 0.717) is 11.2 Å². The van der Waals surface area contributed by atoms with E-state index < -0.39 is 18.3 Å². The van der Waals surface area contributed by atoms with Crippen LogP contribution in [0.3, 0.4) is 0 Å². The Morgan fingerprint density at radius 2 is 1.88 bits per heavy atom. The third-order valence-corrected chi connectivity index (χ3v) is 3.19. The summed E-state index contributed by atoms with van der Waals surface area (Å²) in [6, 6.07) is 3.50. The molecule has 17 heavy (non-hydrogen) atoms. The molecule has 0 spiro atoms. The van der Waals surface area contributed by atoms with Crippen LogP contribution in [0.15, 0.2) is 18.3 Å². The van der Waals surface area contributed by atoms with Gasteiger partial charge in [0.15, 0.2) is 0 Å². The molecular formula is C12H20BNO3. The van der Waals surface area contributed by atoms with Crippen LogP contribution in [0.2, 0.25) is 0 Å². The number of aromatic nitrogens is 1. The van der Waals surface area contributed by atoms with Crippen molar-refractivity contribution in [2.75, 3.05) is 0 Å². The van der Waals surface area contributed by atoms with E-state index >= 15 is 0 Å². The normalized spacial score (nSPS) is 12.6. The number of aliphatic hydroxyl groups is 1. The number of pyridine rings is 1. The summed E-state index contributed by atoms with van der Waals surface area (Å²) in [7, 11) is -1.09. The maximum absolute atomic E-state index is 10.0. The molecular weight excluding hydrogens is 217 g/mol. The van der Waals surface area contributed by atoms with Crippen molar-refractivity contribution in [3.05, 3.63) is 24.0 Å². The van der Waals surface area contributed by atoms with Gasteiger partial charge in [-0.15, -0.1) is 0 Å². The summed E-state index contributed by atoms with van der Waals surface area (Å²) < 4.78 is 5.53. The quantitative estimate of drug-likeness (QED) is 0.754. The molecule has 0 saturated carbocycles. The number of hydrogen-bond acceptors (Lipinski definition) is 4. The molecule has 94 valence electrons. The molecule has 0 fully saturated rings. The standard InChI is InChI=1S/C12H20BNO3/c1-9-10(7-6-8-14-9)13(16)17-12(4,5)11(2,3)15/h6-8,15-16H,1-5H3. The van der Waals surface area contributed by atoms with Crippen molar-refractivity contribution in [3.8, 4) is 0 Å². The zero-order valence-electron chi connectivity index (χ0n) is 11.1. The Morgan fingerprint density at radius 1 is 1.29 bits per heavy atom. The van der Waals surface area contributed by atoms with Crippen molar-refractivity contribution >= 4 is 12.6 Å². The van der Waals surface area contributed by atoms with E-state index in [-0.39, 0.29) is 0 Å². The fourth-order valence-corrected chi connectivity index (χ4v) is 1.24. The summed E-state index contributed by atoms with van der Waals surface area (Å²) in [6.07, 6.45) is 1.66. The summed E-state index contributed by atoms with van der Waals surface area (Å²) in [5.74, 6) is 0. The van der Waals surface area contributed by atoms with Gasteiger partial charge in [-0.1, -0.05) is 6.07 Å². The average molecular weight is 237 g/mol. The van der Waals surface area contributed by atoms with Crippen LogP contribution in [-0.4, -0.2) is 33.4 Å². The Hall–Kier alpha value is -0.905. The van der Waals surface area contributed by atoms with Gasteiger partial charge in [0, 0.05) is 17.4 Å². The van der Waals surface area contributed by atoms with Gasteiger partial charge in [-0.2, -0.15) is 0 Å². The second-order valence-corrected chi connectivity index (χ2v) is 5.22. The fraction of sp³-hybridized carbons (Fsp3) is 0.583. The first kappa shape index (κ1) is 14.2. The van der Waals surface area contributed by atoms with Crippen LogP contribution in [0.5, 0.6) is 0 Å². The Bertz CT molecular complexity index is 388. The lowest BCUT2D eigenvalue weighted by molar-refractivity contribution is -0.0982. The summed E-state index contributed by atoms with van der Waals surface area (Å²) >= 11 is 0. The van der Waals surface area contributed by atoms with Crippen molar-refractivity contribution in [2.24, 2.45) is 0 Å². The minimum atomic E-state index is -1.09. The third kappa shape index (κ3) is 3.28. The van der Waals surface area contributed by atoms with Crippen LogP contribution >= 0.6 is 0 Å². The molecule has 1 rings (SSSR count). The second kappa shape index (κ2) is 4.76. The maximum atomic E-state index is 10.0. The fourth-order valence-electron chi connectivity index (χ4n) is 1.24. The smallest absolute Gasteiger partial charge is 0.423 e. The van der Waals surface area contributed by atoms with Gasteiger partial charge < -0.3 is 14.8 Å². The second-order valence-electron chi connectivity index (χ2n) is 5.22. The topological polar surface area (TPSA) is 62.6 Å². The molecule has 1 aromatic heterocycles. The van der Waals surface area contributed by atoms with Gasteiger partial charge in [0.1, 0.15) is 0 Å². The lowest BCUT2D eigenvalue weighted by atomic mass is 9.76. The molecule has 0 aliphatic rings. The first-order valence-corrected chi connectivity index (χ1v) is 5.65. The molecule has 2 N–H and O–H groups in total. The summed E-state index contributed by atoms with van der Waals surface area (Å²) in [5.41, 5.74) is -0.588. The first-order chi connectivity index (χ1) is 7.65. The molecule has 0 atom stereocenters. The monoisotopic (exact) mass is 237 g/mol. The van der Waals surface area contributed by atoms with Crippen molar-refractivity contribution in [1.82, 2.24) is 4.98 Å². The van der Waals surface area contributed by atoms with Gasteiger partial charge >= 0.3 is 7.12 Å². The van der Waals surface area contributed by atoms with Crippen molar-refractivity contribution in [3.63, 3.8) is 0 Å². The first-order valence-electron chi connectivity index (χ1n) is 5.65. The van der Waals surface area contributed by atoms with E-state index in [1.54, 1.807) is 52.9 Å². The molecule has 5 heteroatoms. The van der Waals surface area contributed by atoms with Crippen LogP contribution in [-0.2, 0) is 4.65 Å². The zero-order valence-corrected chi connectivity index (χ0v) is 11.1. The van der Waals surface area contributed by atoms with Crippen LogP contribution < -0.4 is 5.46 Å². The highest BCUT2D eigenvalue weighted by molar-refractivity contribution is 6.60. The SMILES string of the molecule is Cc1ncccc1B(O)OC(C)(C)C(C)(C)O. The van der Waals surface area contributed by atoms with E-state index in [2.05, 4.69) is 4.98 Å². The highest BCUT2D eigenvalue weighted by Crippen LogP contribution is 2.25. The number of nitrogens with zero attached hydrogens (tertiary/aromatic N) is 1. The number of aryl methyl sites for hydroxylation is 1. The minimum absolute atomic E-state index is 0.616. The number of rotatable bonds is 4. The van der Waals surface area contributed by atoms with E-state index in [1.807, 2.05) is 0 Å². The third-order valence-electron chi connectivity index (χ3n) is 3.19. The van der Waals surface area contributed by atoms with Crippen molar-refractivity contribution < 1.29 is 14.8 Å². The average Bonchev–Trinajstić information content (AvgIpc) is 2.15. The van der Waals surface area contributed by atoms with Gasteiger partial charge in [-0.25, -0.2) is 0 Å². The number of hydrogen-bond donors (Lipinski definition) is 2. The van der Waals surface area contributed by atoms with Gasteiger partial charge in [-0.3, -0.25) is 4.98 Å². The lowest BCUT2D eigenvalue weighted by Gasteiger charge is -2.38. The molecule has 0 amide bonds. The Morgan fingerprint density at radius 3 is 2.35 bits per heavy atom. The predicted molar refractivity (Wildman–Crippen MR) is 68.0 cm³/mol. The molecule has 1 heterocycles. The summed E-state index contributed by atoms with van der Waals surface area (Å²) in [6.45, 7) is 8.58. The molecule has 0 aromatic carbocycles. The Balaban J connectivity index is 2.87. The molecule has 0 radical (unpaired) electrons. The van der Waals surface area contributed by atoms with Gasteiger partial charge in [0.05, 0.1) is 11.2 Å². The molecule has 1 aromatic rings. The molecule has 4 nitrogen and oxygen atoms in total. The van der Waals surface area contributed by atoms with Crippen LogP contribution in [0.1, 0.15) is 33.4 Å². The largest absolute Gasteiger partial charge is 0.493 e. The van der Waals surface area contributed by atoms with E-state index in [4.69, 9.17) is 4.65 Å². The highest BCUT2D eigenvalue weighted by atomic mass is 16.5. The van der Waals surface area contributed by atoms with Crippen molar-refractivity contribution in [1.29, 1.82) is 0 Å². The van der Waals surface area contributed by atoms with Crippen molar-refractivity contribution in [2.45, 2.75) is 45.8 Å². The van der Waals surface area contributed by atoms with E-state index in [0.717, 1.165) is 0 Å². The Labute approximate surface area is 103 Å². The molecule has 0 bridgehead atoms. The van der Waals surface area contributed by atoms with E-state index in [1.165, 1.54) is 0 Å². The molecule has 0 saturated heterocycles.